The Morgan fingerprint density at radius 2 is 1.59 bits per heavy atom. The van der Waals surface area contributed by atoms with Crippen molar-refractivity contribution in [1.29, 1.82) is 0 Å². The van der Waals surface area contributed by atoms with Crippen LogP contribution in [0.1, 0.15) is 10.4 Å². The smallest absolute Gasteiger partial charge is 0.319 e. The summed E-state index contributed by atoms with van der Waals surface area (Å²) in [7, 11) is 0. The number of phenolic OH excluding ortho intramolecular Hbond substituents is 1. The molecule has 0 bridgehead atoms. The number of halogens is 2. The lowest BCUT2D eigenvalue weighted by Gasteiger charge is -2.09. The number of benzene rings is 3. The van der Waals surface area contributed by atoms with Crippen LogP contribution >= 0.6 is 11.6 Å². The van der Waals surface area contributed by atoms with E-state index < -0.39 is 11.8 Å². The molecule has 2 heterocycles. The maximum absolute atomic E-state index is 13.0. The van der Waals surface area contributed by atoms with Crippen LogP contribution in [0.3, 0.4) is 0 Å². The Bertz CT molecular complexity index is 1680. The lowest BCUT2D eigenvalue weighted by atomic mass is 10.0. The van der Waals surface area contributed by atoms with Gasteiger partial charge >= 0.3 is 6.03 Å². The molecule has 0 radical (unpaired) electrons. The molecule has 41 heavy (non-hydrogen) atoms. The van der Waals surface area contributed by atoms with E-state index in [-0.39, 0.29) is 29.8 Å². The highest BCUT2D eigenvalue weighted by Crippen LogP contribution is 2.35. The Morgan fingerprint density at radius 3 is 2.29 bits per heavy atom. The number of aromatic hydroxyl groups is 1. The molecule has 0 aliphatic heterocycles. The van der Waals surface area contributed by atoms with Gasteiger partial charge in [-0.3, -0.25) is 9.78 Å². The number of amides is 3. The van der Waals surface area contributed by atoms with E-state index in [4.69, 9.17) is 16.7 Å². The van der Waals surface area contributed by atoms with E-state index in [2.05, 4.69) is 20.9 Å². The molecule has 0 aliphatic carbocycles. The van der Waals surface area contributed by atoms with Crippen molar-refractivity contribution in [2.75, 3.05) is 18.4 Å². The first-order chi connectivity index (χ1) is 19.9. The van der Waals surface area contributed by atoms with Gasteiger partial charge in [0.05, 0.1) is 10.7 Å². The van der Waals surface area contributed by atoms with Crippen LogP contribution in [-0.2, 0) is 0 Å². The fourth-order valence-corrected chi connectivity index (χ4v) is 4.17. The Kier molecular flexibility index (Phi) is 8.21. The summed E-state index contributed by atoms with van der Waals surface area (Å²) in [5.74, 6) is -0.816. The summed E-state index contributed by atoms with van der Waals surface area (Å²) in [5.41, 5.74) is 4.73. The molecule has 206 valence electrons. The summed E-state index contributed by atoms with van der Waals surface area (Å²) in [6.07, 6.45) is 5.27. The van der Waals surface area contributed by atoms with E-state index in [1.54, 1.807) is 47.4 Å². The molecule has 0 atom stereocenters. The second-order valence-electron chi connectivity index (χ2n) is 8.93. The first-order valence-corrected chi connectivity index (χ1v) is 12.9. The summed E-state index contributed by atoms with van der Waals surface area (Å²) < 4.78 is 14.7. The Morgan fingerprint density at radius 1 is 0.878 bits per heavy atom. The second kappa shape index (κ2) is 12.3. The molecule has 0 saturated carbocycles. The fraction of sp³-hybridized carbons (Fsp3) is 0.0667. The number of hydrogen-bond donors (Lipinski definition) is 4. The van der Waals surface area contributed by atoms with Crippen molar-refractivity contribution in [2.45, 2.75) is 0 Å². The minimum atomic E-state index is -0.433. The zero-order valence-electron chi connectivity index (χ0n) is 21.5. The number of phenols is 1. The summed E-state index contributed by atoms with van der Waals surface area (Å²) >= 11 is 6.01. The molecule has 9 nitrogen and oxygen atoms in total. The molecule has 5 aromatic rings. The summed E-state index contributed by atoms with van der Waals surface area (Å²) in [4.78, 5) is 28.5. The molecule has 0 saturated heterocycles. The average Bonchev–Trinajstić information content (AvgIpc) is 3.43. The van der Waals surface area contributed by atoms with Crippen LogP contribution in [0.5, 0.6) is 5.75 Å². The van der Waals surface area contributed by atoms with Crippen LogP contribution in [0.4, 0.5) is 14.9 Å². The number of hydrogen-bond acceptors (Lipinski definition) is 5. The number of rotatable bonds is 8. The van der Waals surface area contributed by atoms with Gasteiger partial charge in [0.1, 0.15) is 17.3 Å². The van der Waals surface area contributed by atoms with Crippen LogP contribution < -0.4 is 16.0 Å². The van der Waals surface area contributed by atoms with Crippen molar-refractivity contribution in [1.82, 2.24) is 25.4 Å². The van der Waals surface area contributed by atoms with Crippen LogP contribution in [0, 0.1) is 5.82 Å². The quantitative estimate of drug-likeness (QED) is 0.180. The molecule has 3 aromatic carbocycles. The number of urea groups is 1. The number of aromatic nitrogens is 3. The summed E-state index contributed by atoms with van der Waals surface area (Å²) in [6.45, 7) is 0.403. The van der Waals surface area contributed by atoms with Gasteiger partial charge in [0.2, 0.25) is 0 Å². The van der Waals surface area contributed by atoms with E-state index in [0.717, 1.165) is 16.8 Å². The van der Waals surface area contributed by atoms with Crippen molar-refractivity contribution in [3.8, 4) is 33.8 Å². The van der Waals surface area contributed by atoms with Gasteiger partial charge in [-0.25, -0.2) is 13.9 Å². The molecule has 0 aliphatic rings. The van der Waals surface area contributed by atoms with Gasteiger partial charge in [0, 0.05) is 54.1 Å². The van der Waals surface area contributed by atoms with Crippen molar-refractivity contribution < 1.29 is 19.1 Å². The Balaban J connectivity index is 1.23. The summed E-state index contributed by atoms with van der Waals surface area (Å²) in [5, 5.41) is 23.2. The van der Waals surface area contributed by atoms with Crippen molar-refractivity contribution >= 4 is 29.2 Å². The molecule has 2 aromatic heterocycles. The van der Waals surface area contributed by atoms with E-state index in [9.17, 15) is 19.1 Å². The standard InChI is InChI=1S/C30H24ClFN6O3/c31-26-10-3-21(17-27(26)39)28-25(19-11-13-33-14-12-19)18-38(37-28)24-8-6-23(7-9-24)36-30(41)35-16-15-34-29(40)20-1-4-22(32)5-2-20/h1-14,17-18,39H,15-16H2,(H,34,40)(H2,35,36,41). The number of anilines is 1. The first-order valence-electron chi connectivity index (χ1n) is 12.6. The first kappa shape index (κ1) is 27.4. The number of carbonyl (C=O) groups excluding carboxylic acids is 2. The topological polar surface area (TPSA) is 121 Å². The maximum Gasteiger partial charge on any atom is 0.319 e. The van der Waals surface area contributed by atoms with E-state index in [1.165, 1.54) is 24.3 Å². The van der Waals surface area contributed by atoms with E-state index in [1.807, 2.05) is 30.5 Å². The van der Waals surface area contributed by atoms with Crippen molar-refractivity contribution in [2.24, 2.45) is 0 Å². The molecule has 11 heteroatoms. The van der Waals surface area contributed by atoms with Gasteiger partial charge in [-0.15, -0.1) is 0 Å². The van der Waals surface area contributed by atoms with Crippen LogP contribution in [0.2, 0.25) is 5.02 Å². The lowest BCUT2D eigenvalue weighted by molar-refractivity contribution is 0.0954. The number of carbonyl (C=O) groups is 2. The molecule has 3 amide bonds. The van der Waals surface area contributed by atoms with Crippen molar-refractivity contribution in [3.63, 3.8) is 0 Å². The van der Waals surface area contributed by atoms with Crippen LogP contribution in [0.25, 0.3) is 28.1 Å². The fourth-order valence-electron chi connectivity index (χ4n) is 4.05. The predicted molar refractivity (Wildman–Crippen MR) is 155 cm³/mol. The average molecular weight is 571 g/mol. The lowest BCUT2D eigenvalue weighted by Crippen LogP contribution is -2.36. The van der Waals surface area contributed by atoms with Crippen molar-refractivity contribution in [3.05, 3.63) is 114 Å². The number of pyridine rings is 1. The van der Waals surface area contributed by atoms with E-state index >= 15 is 0 Å². The molecule has 0 fully saturated rings. The van der Waals surface area contributed by atoms with Gasteiger partial charge in [0.15, 0.2) is 0 Å². The second-order valence-corrected chi connectivity index (χ2v) is 9.34. The Labute approximate surface area is 239 Å². The van der Waals surface area contributed by atoms with Gasteiger partial charge < -0.3 is 21.1 Å². The third kappa shape index (κ3) is 6.68. The van der Waals surface area contributed by atoms with Gasteiger partial charge in [0.25, 0.3) is 5.91 Å². The highest BCUT2D eigenvalue weighted by molar-refractivity contribution is 6.32. The minimum absolute atomic E-state index is 0.0386. The third-order valence-electron chi connectivity index (χ3n) is 6.12. The van der Waals surface area contributed by atoms with Gasteiger partial charge in [-0.05, 0) is 78.4 Å². The zero-order chi connectivity index (χ0) is 28.8. The molecular formula is C30H24ClFN6O3. The summed E-state index contributed by atoms with van der Waals surface area (Å²) in [6, 6.07) is 20.6. The van der Waals surface area contributed by atoms with Gasteiger partial charge in [-0.2, -0.15) is 5.10 Å². The highest BCUT2D eigenvalue weighted by atomic mass is 35.5. The largest absolute Gasteiger partial charge is 0.506 e. The minimum Gasteiger partial charge on any atom is -0.506 e. The normalized spacial score (nSPS) is 10.7. The molecule has 5 rings (SSSR count). The Hall–Kier alpha value is -5.22. The zero-order valence-corrected chi connectivity index (χ0v) is 22.3. The number of nitrogens with one attached hydrogen (secondary N) is 3. The highest BCUT2D eigenvalue weighted by Gasteiger charge is 2.16. The molecular weight excluding hydrogens is 547 g/mol. The monoisotopic (exact) mass is 570 g/mol. The number of nitrogens with zero attached hydrogens (tertiary/aromatic N) is 3. The van der Waals surface area contributed by atoms with E-state index in [0.29, 0.717) is 22.5 Å². The van der Waals surface area contributed by atoms with Gasteiger partial charge in [-0.1, -0.05) is 17.7 Å². The third-order valence-corrected chi connectivity index (χ3v) is 6.44. The van der Waals surface area contributed by atoms with Crippen LogP contribution in [0.15, 0.2) is 97.5 Å². The predicted octanol–water partition coefficient (Wildman–Crippen LogP) is 5.65. The molecule has 0 spiro atoms. The maximum atomic E-state index is 13.0. The SMILES string of the molecule is O=C(NCCNC(=O)c1ccc(F)cc1)Nc1ccc(-n2cc(-c3ccncc3)c(-c3ccc(Cl)c(O)c3)n2)cc1. The van der Waals surface area contributed by atoms with Crippen LogP contribution in [-0.4, -0.2) is 44.9 Å². The molecule has 4 N–H and O–H groups in total. The molecule has 0 unspecified atom stereocenters.